The zero-order valence-corrected chi connectivity index (χ0v) is 33.5. The average Bonchev–Trinajstić information content (AvgIpc) is 3.98. The topological polar surface area (TPSA) is 34.2 Å². The molecule has 2 fully saturated rings. The molecule has 0 N–H and O–H groups in total. The van der Waals surface area contributed by atoms with Gasteiger partial charge in [0.25, 0.3) is 0 Å². The van der Waals surface area contributed by atoms with E-state index in [1.54, 1.807) is 0 Å². The molecule has 5 aromatic carbocycles. The number of nitrogens with zero attached hydrogens (tertiary/aromatic N) is 2. The summed E-state index contributed by atoms with van der Waals surface area (Å²) in [5, 5.41) is 4.94. The highest BCUT2D eigenvalue weighted by Gasteiger charge is 2.43. The lowest BCUT2D eigenvalue weighted by Gasteiger charge is -2.31. The van der Waals surface area contributed by atoms with Gasteiger partial charge in [0, 0.05) is 69.3 Å². The Morgan fingerprint density at radius 3 is 1.66 bits per heavy atom. The average molecular weight is 793 g/mol. The number of rotatable bonds is 6. The Bertz CT molecular complexity index is 3050. The molecule has 13 rings (SSSR count). The van der Waals surface area contributed by atoms with E-state index in [1.165, 1.54) is 32.1 Å². The van der Waals surface area contributed by atoms with Crippen LogP contribution in [0.5, 0.6) is 5.75 Å². The molecule has 3 aliphatic heterocycles. The Labute approximate surface area is 355 Å². The van der Waals surface area contributed by atoms with Crippen molar-refractivity contribution >= 4 is 52.7 Å². The number of hydrogen-bond donors (Lipinski definition) is 0. The Morgan fingerprint density at radius 2 is 0.934 bits per heavy atom. The summed E-state index contributed by atoms with van der Waals surface area (Å²) in [5.74, 6) is 2.33. The third-order valence-electron chi connectivity index (χ3n) is 13.9. The van der Waals surface area contributed by atoms with Gasteiger partial charge in [-0.3, -0.25) is 0 Å². The number of hydrogen-bond acceptors (Lipinski definition) is 5. The Hall–Kier alpha value is -6.66. The minimum absolute atomic E-state index is 0.0144. The normalized spacial score (nSPS) is 29.6. The first-order valence-electron chi connectivity index (χ1n) is 21.8. The van der Waals surface area contributed by atoms with Crippen LogP contribution in [0.25, 0.3) is 24.3 Å². The molecule has 296 valence electrons. The minimum Gasteiger partial charge on any atom is -0.485 e. The summed E-state index contributed by atoms with van der Waals surface area (Å²) in [6, 6.07) is 41.8. The molecule has 5 aromatic rings. The molecule has 10 unspecified atom stereocenters. The molecule has 0 saturated carbocycles. The standard InChI is InChI=1S/C56H44N2O3/c1-3-11-39(12-4-1)57(43-23-25-53-49(33-43)45-15-7-9-17-51(45)59-53)41-21-19-35-29-47-48-30-36-20-22-42(28-38(36)32-56(48)61-55(47)31-37(35)27-41)58(40-13-5-2-6-14-40)44-24-26-54-50(34-44)46-16-8-10-18-52(46)60-54/h1-34,45-49,51-53,55-56H. The summed E-state index contributed by atoms with van der Waals surface area (Å²) in [6.45, 7) is 0. The van der Waals surface area contributed by atoms with E-state index in [4.69, 9.17) is 14.2 Å². The molecular weight excluding hydrogens is 749 g/mol. The van der Waals surface area contributed by atoms with Crippen molar-refractivity contribution in [3.8, 4) is 5.75 Å². The largest absolute Gasteiger partial charge is 0.485 e. The molecule has 2 saturated heterocycles. The lowest BCUT2D eigenvalue weighted by atomic mass is 9.81. The van der Waals surface area contributed by atoms with Gasteiger partial charge in [-0.1, -0.05) is 115 Å². The number of para-hydroxylation sites is 2. The first-order chi connectivity index (χ1) is 30.2. The highest BCUT2D eigenvalue weighted by Crippen LogP contribution is 2.46. The van der Waals surface area contributed by atoms with Crippen molar-refractivity contribution < 1.29 is 14.2 Å². The summed E-state index contributed by atoms with van der Waals surface area (Å²) in [4.78, 5) is 4.75. The number of benzene rings is 5. The van der Waals surface area contributed by atoms with Crippen molar-refractivity contribution in [2.75, 3.05) is 9.80 Å². The fraction of sp³-hybridized carbons (Fsp3) is 0.179. The number of ether oxygens (including phenoxy) is 3. The maximum absolute atomic E-state index is 6.98. The molecule has 0 bridgehead atoms. The molecule has 0 amide bonds. The van der Waals surface area contributed by atoms with Crippen LogP contribution in [0.2, 0.25) is 0 Å². The van der Waals surface area contributed by atoms with Gasteiger partial charge in [-0.25, -0.2) is 0 Å². The van der Waals surface area contributed by atoms with Crippen molar-refractivity contribution in [2.24, 2.45) is 23.7 Å². The van der Waals surface area contributed by atoms with Crippen LogP contribution >= 0.6 is 0 Å². The summed E-state index contributed by atoms with van der Waals surface area (Å²) in [5.41, 5.74) is 8.02. The van der Waals surface area contributed by atoms with Gasteiger partial charge < -0.3 is 24.0 Å². The van der Waals surface area contributed by atoms with Gasteiger partial charge in [0.2, 0.25) is 0 Å². The van der Waals surface area contributed by atoms with Crippen molar-refractivity contribution in [2.45, 2.75) is 36.4 Å². The zero-order valence-electron chi connectivity index (χ0n) is 33.5. The van der Waals surface area contributed by atoms with Gasteiger partial charge in [-0.2, -0.15) is 0 Å². The van der Waals surface area contributed by atoms with Crippen LogP contribution in [0.4, 0.5) is 28.4 Å². The van der Waals surface area contributed by atoms with Gasteiger partial charge in [0.1, 0.15) is 11.9 Å². The van der Waals surface area contributed by atoms with E-state index < -0.39 is 0 Å². The molecule has 5 heteroatoms. The molecule has 3 heterocycles. The predicted octanol–water partition coefficient (Wildman–Crippen LogP) is 8.69. The molecule has 5 aliphatic carbocycles. The van der Waals surface area contributed by atoms with Crippen molar-refractivity contribution in [3.05, 3.63) is 214 Å². The van der Waals surface area contributed by atoms with E-state index in [2.05, 4.69) is 216 Å². The first kappa shape index (κ1) is 35.1. The SMILES string of the molecule is C1=CC2Oc3ccc(N(c4ccccc4)c4ccc5c(c4)=CC4OC6C=c7cc(N(C8=CC9C(C=C8)OC8C=CC=CC89)c8ccccc8)ccc7=CC6C4C=5)cc3C2C=C1. The second-order valence-electron chi connectivity index (χ2n) is 17.4. The Kier molecular flexibility index (Phi) is 8.03. The highest BCUT2D eigenvalue weighted by atomic mass is 16.5. The maximum atomic E-state index is 6.98. The quantitative estimate of drug-likeness (QED) is 0.172. The molecule has 61 heavy (non-hydrogen) atoms. The van der Waals surface area contributed by atoms with Crippen molar-refractivity contribution in [3.63, 3.8) is 0 Å². The van der Waals surface area contributed by atoms with Gasteiger partial charge in [-0.05, 0) is 112 Å². The fourth-order valence-electron chi connectivity index (χ4n) is 11.0. The molecule has 8 aliphatic rings. The predicted molar refractivity (Wildman–Crippen MR) is 245 cm³/mol. The fourth-order valence-corrected chi connectivity index (χ4v) is 11.0. The van der Waals surface area contributed by atoms with E-state index >= 15 is 0 Å². The maximum Gasteiger partial charge on any atom is 0.128 e. The van der Waals surface area contributed by atoms with Crippen LogP contribution in [0.1, 0.15) is 11.5 Å². The van der Waals surface area contributed by atoms with Crippen molar-refractivity contribution in [1.82, 2.24) is 0 Å². The van der Waals surface area contributed by atoms with E-state index in [0.717, 1.165) is 34.2 Å². The molecular formula is C56H44N2O3. The lowest BCUT2D eigenvalue weighted by Crippen LogP contribution is -2.37. The third-order valence-corrected chi connectivity index (χ3v) is 13.9. The molecule has 0 aromatic heterocycles. The number of anilines is 5. The minimum atomic E-state index is -0.0168. The van der Waals surface area contributed by atoms with E-state index in [9.17, 15) is 0 Å². The van der Waals surface area contributed by atoms with Crippen molar-refractivity contribution in [1.29, 1.82) is 0 Å². The molecule has 5 nitrogen and oxygen atoms in total. The van der Waals surface area contributed by atoms with Crippen LogP contribution < -0.4 is 35.4 Å². The van der Waals surface area contributed by atoms with Gasteiger partial charge in [0.05, 0.1) is 24.4 Å². The van der Waals surface area contributed by atoms with Gasteiger partial charge >= 0.3 is 0 Å². The van der Waals surface area contributed by atoms with Crippen LogP contribution in [0.3, 0.4) is 0 Å². The van der Waals surface area contributed by atoms with Crippen LogP contribution in [-0.2, 0) is 9.47 Å². The second-order valence-corrected chi connectivity index (χ2v) is 17.4. The van der Waals surface area contributed by atoms with Crippen LogP contribution in [0.15, 0.2) is 188 Å². The smallest absolute Gasteiger partial charge is 0.128 e. The van der Waals surface area contributed by atoms with Crippen LogP contribution in [-0.4, -0.2) is 30.5 Å². The Balaban J connectivity index is 0.829. The number of allylic oxidation sites excluding steroid dienone is 5. The highest BCUT2D eigenvalue weighted by molar-refractivity contribution is 5.78. The third kappa shape index (κ3) is 5.83. The summed E-state index contributed by atoms with van der Waals surface area (Å²) >= 11 is 0. The molecule has 10 atom stereocenters. The Morgan fingerprint density at radius 1 is 0.377 bits per heavy atom. The first-order valence-corrected chi connectivity index (χ1v) is 21.8. The second kappa shape index (κ2) is 14.0. The number of fused-ring (bicyclic) bond motifs is 11. The van der Waals surface area contributed by atoms with Gasteiger partial charge in [-0.15, -0.1) is 0 Å². The summed E-state index contributed by atoms with van der Waals surface area (Å²) in [6.07, 6.45) is 34.2. The van der Waals surface area contributed by atoms with E-state index in [-0.39, 0.29) is 54.2 Å². The summed E-state index contributed by atoms with van der Waals surface area (Å²) < 4.78 is 19.7. The monoisotopic (exact) mass is 792 g/mol. The van der Waals surface area contributed by atoms with E-state index in [0.29, 0.717) is 5.92 Å². The zero-order chi connectivity index (χ0) is 40.0. The summed E-state index contributed by atoms with van der Waals surface area (Å²) in [7, 11) is 0. The van der Waals surface area contributed by atoms with Crippen LogP contribution in [0, 0.1) is 23.7 Å². The molecule has 0 spiro atoms. The van der Waals surface area contributed by atoms with Gasteiger partial charge in [0.15, 0.2) is 0 Å². The molecule has 0 radical (unpaired) electrons. The lowest BCUT2D eigenvalue weighted by molar-refractivity contribution is 0.0882. The van der Waals surface area contributed by atoms with E-state index in [1.807, 2.05) is 0 Å².